The first-order valence-electron chi connectivity index (χ1n) is 5.34. The summed E-state index contributed by atoms with van der Waals surface area (Å²) in [6.45, 7) is 3.69. The third-order valence-corrected chi connectivity index (χ3v) is 3.13. The van der Waals surface area contributed by atoms with Crippen molar-refractivity contribution < 1.29 is 9.90 Å². The smallest absolute Gasteiger partial charge is 0.300 e. The van der Waals surface area contributed by atoms with Gasteiger partial charge in [0.25, 0.3) is 0 Å². The first kappa shape index (κ1) is 18.4. The molecule has 2 radical (unpaired) electrons. The molecular weight excluding hydrogens is 248 g/mol. The van der Waals surface area contributed by atoms with Crippen LogP contribution in [0, 0.1) is 5.92 Å². The van der Waals surface area contributed by atoms with Gasteiger partial charge >= 0.3 is 5.97 Å². The highest BCUT2D eigenvalue weighted by atomic mass is 35.5. The number of carbonyl (C=O) groups is 1. The van der Waals surface area contributed by atoms with Crippen LogP contribution >= 0.6 is 24.8 Å². The number of aliphatic carboxylic acids is 1. The average Bonchev–Trinajstić information content (AvgIpc) is 2.66. The minimum atomic E-state index is -1.01. The molecule has 1 heterocycles. The largest absolute Gasteiger partial charge is 0.481 e. The van der Waals surface area contributed by atoms with Crippen molar-refractivity contribution in [3.05, 3.63) is 0 Å². The lowest BCUT2D eigenvalue weighted by Gasteiger charge is -2.31. The second-order valence-corrected chi connectivity index (χ2v) is 4.14. The monoisotopic (exact) mass is 267 g/mol. The maximum Gasteiger partial charge on any atom is 0.300 e. The molecule has 0 spiro atoms. The van der Waals surface area contributed by atoms with Gasteiger partial charge in [0.05, 0.1) is 7.85 Å². The molecule has 2 atom stereocenters. The van der Waals surface area contributed by atoms with Gasteiger partial charge in [0.2, 0.25) is 0 Å². The molecule has 94 valence electrons. The van der Waals surface area contributed by atoms with Crippen molar-refractivity contribution in [1.29, 1.82) is 0 Å². The Morgan fingerprint density at radius 1 is 1.56 bits per heavy atom. The van der Waals surface area contributed by atoms with Gasteiger partial charge in [-0.25, -0.2) is 0 Å². The molecule has 0 aromatic rings. The number of rotatable bonds is 5. The van der Waals surface area contributed by atoms with Gasteiger partial charge in [0.1, 0.15) is 0 Å². The molecule has 0 amide bonds. The fourth-order valence-electron chi connectivity index (χ4n) is 2.05. The fraction of sp³-hybridized carbons (Fsp3) is 0.900. The van der Waals surface area contributed by atoms with Crippen molar-refractivity contribution >= 4 is 38.6 Å². The van der Waals surface area contributed by atoms with Gasteiger partial charge < -0.3 is 10.4 Å². The summed E-state index contributed by atoms with van der Waals surface area (Å²) in [5, 5.41) is 11.3. The average molecular weight is 268 g/mol. The maximum atomic E-state index is 11.2. The van der Waals surface area contributed by atoms with Crippen molar-refractivity contribution in [2.45, 2.75) is 37.9 Å². The standard InChI is InChI=1S/C10H18BNO2.2ClH/c1-2-3-5-10(11,9(13)14)8-4-6-12-7-8;;/h8,12H,2-7H2,1H3,(H,13,14);2*1H/t8-,10?;;/m0../s1. The van der Waals surface area contributed by atoms with Gasteiger partial charge in [-0.15, -0.1) is 24.8 Å². The van der Waals surface area contributed by atoms with E-state index in [0.29, 0.717) is 6.42 Å². The Hall–Kier alpha value is 0.0749. The molecule has 0 aromatic heterocycles. The molecule has 1 aliphatic rings. The lowest BCUT2D eigenvalue weighted by molar-refractivity contribution is -0.142. The summed E-state index contributed by atoms with van der Waals surface area (Å²) in [6.07, 6.45) is 3.35. The lowest BCUT2D eigenvalue weighted by atomic mass is 9.57. The number of halogens is 2. The zero-order valence-electron chi connectivity index (χ0n) is 9.57. The summed E-state index contributed by atoms with van der Waals surface area (Å²) in [5.41, 5.74) is 0. The van der Waals surface area contributed by atoms with Crippen LogP contribution in [0.2, 0.25) is 5.31 Å². The first-order valence-corrected chi connectivity index (χ1v) is 5.34. The van der Waals surface area contributed by atoms with E-state index in [-0.39, 0.29) is 30.7 Å². The number of hydrogen-bond donors (Lipinski definition) is 2. The Bertz CT molecular complexity index is 213. The van der Waals surface area contributed by atoms with Crippen LogP contribution in [0.5, 0.6) is 0 Å². The van der Waals surface area contributed by atoms with Crippen LogP contribution < -0.4 is 5.32 Å². The predicted octanol–water partition coefficient (Wildman–Crippen LogP) is 2.04. The number of hydrogen-bond acceptors (Lipinski definition) is 2. The van der Waals surface area contributed by atoms with Crippen LogP contribution in [-0.2, 0) is 4.79 Å². The third kappa shape index (κ3) is 4.15. The van der Waals surface area contributed by atoms with Gasteiger partial charge in [-0.05, 0) is 31.8 Å². The Balaban J connectivity index is 0. The van der Waals surface area contributed by atoms with E-state index in [2.05, 4.69) is 12.2 Å². The van der Waals surface area contributed by atoms with Crippen molar-refractivity contribution in [2.75, 3.05) is 13.1 Å². The minimum Gasteiger partial charge on any atom is -0.481 e. The van der Waals surface area contributed by atoms with E-state index in [1.54, 1.807) is 0 Å². The Kier molecular flexibility index (Phi) is 9.46. The second kappa shape index (κ2) is 8.21. The number of unbranched alkanes of at least 4 members (excludes halogenated alkanes) is 1. The van der Waals surface area contributed by atoms with E-state index in [1.165, 1.54) is 0 Å². The van der Waals surface area contributed by atoms with Gasteiger partial charge in [0, 0.05) is 5.31 Å². The molecule has 1 aliphatic heterocycles. The predicted molar refractivity (Wildman–Crippen MR) is 71.1 cm³/mol. The molecule has 1 unspecified atom stereocenters. The van der Waals surface area contributed by atoms with E-state index < -0.39 is 11.3 Å². The summed E-state index contributed by atoms with van der Waals surface area (Å²) in [5.74, 6) is -0.758. The fourth-order valence-corrected chi connectivity index (χ4v) is 2.05. The molecule has 6 heteroatoms. The number of carboxylic acids is 1. The normalized spacial score (nSPS) is 22.7. The van der Waals surface area contributed by atoms with Gasteiger partial charge in [-0.2, -0.15) is 0 Å². The van der Waals surface area contributed by atoms with E-state index in [0.717, 1.165) is 32.4 Å². The van der Waals surface area contributed by atoms with Crippen LogP contribution in [-0.4, -0.2) is 32.0 Å². The van der Waals surface area contributed by atoms with E-state index in [1.807, 2.05) is 0 Å². The van der Waals surface area contributed by atoms with E-state index in [4.69, 9.17) is 13.0 Å². The highest BCUT2D eigenvalue weighted by Crippen LogP contribution is 2.41. The Morgan fingerprint density at radius 2 is 2.19 bits per heavy atom. The van der Waals surface area contributed by atoms with Crippen LogP contribution in [0.25, 0.3) is 0 Å². The van der Waals surface area contributed by atoms with Crippen LogP contribution in [0.4, 0.5) is 0 Å². The van der Waals surface area contributed by atoms with Gasteiger partial charge in [-0.3, -0.25) is 4.79 Å². The van der Waals surface area contributed by atoms with E-state index in [9.17, 15) is 4.79 Å². The molecule has 2 N–H and O–H groups in total. The summed E-state index contributed by atoms with van der Waals surface area (Å²) in [4.78, 5) is 11.2. The quantitative estimate of drug-likeness (QED) is 0.750. The molecule has 1 saturated heterocycles. The molecule has 0 aliphatic carbocycles. The maximum absolute atomic E-state index is 11.2. The molecule has 0 aromatic carbocycles. The van der Waals surface area contributed by atoms with Crippen LogP contribution in [0.1, 0.15) is 32.6 Å². The molecule has 0 bridgehead atoms. The molecule has 1 fully saturated rings. The lowest BCUT2D eigenvalue weighted by Crippen LogP contribution is -2.33. The van der Waals surface area contributed by atoms with Crippen molar-refractivity contribution in [3.8, 4) is 0 Å². The molecule has 3 nitrogen and oxygen atoms in total. The van der Waals surface area contributed by atoms with E-state index >= 15 is 0 Å². The number of carboxylic acid groups (broad SMARTS) is 1. The first-order chi connectivity index (χ1) is 6.61. The molecular formula is C10H20BCl2NO2. The molecule has 0 saturated carbocycles. The summed E-state index contributed by atoms with van der Waals surface area (Å²) in [7, 11) is 5.99. The van der Waals surface area contributed by atoms with Crippen molar-refractivity contribution in [1.82, 2.24) is 5.32 Å². The molecule has 1 rings (SSSR count). The SMILES string of the molecule is Cl.Cl.[B]C(CCCC)(C(=O)O)[C@H]1CCNC1. The van der Waals surface area contributed by atoms with Crippen LogP contribution in [0.3, 0.4) is 0 Å². The van der Waals surface area contributed by atoms with Crippen molar-refractivity contribution in [2.24, 2.45) is 5.92 Å². The zero-order valence-corrected chi connectivity index (χ0v) is 11.2. The van der Waals surface area contributed by atoms with Gasteiger partial charge in [-0.1, -0.05) is 19.8 Å². The Morgan fingerprint density at radius 3 is 2.56 bits per heavy atom. The van der Waals surface area contributed by atoms with Crippen LogP contribution in [0.15, 0.2) is 0 Å². The zero-order chi connectivity index (χ0) is 10.6. The number of nitrogens with one attached hydrogen (secondary N) is 1. The topological polar surface area (TPSA) is 49.3 Å². The minimum absolute atomic E-state index is 0. The summed E-state index contributed by atoms with van der Waals surface area (Å²) < 4.78 is 0. The highest BCUT2D eigenvalue weighted by Gasteiger charge is 2.41. The summed E-state index contributed by atoms with van der Waals surface area (Å²) in [6, 6.07) is 0. The summed E-state index contributed by atoms with van der Waals surface area (Å²) >= 11 is 0. The highest BCUT2D eigenvalue weighted by molar-refractivity contribution is 6.27. The Labute approximate surface area is 111 Å². The third-order valence-electron chi connectivity index (χ3n) is 3.13. The second-order valence-electron chi connectivity index (χ2n) is 4.14. The molecule has 16 heavy (non-hydrogen) atoms. The van der Waals surface area contributed by atoms with Crippen molar-refractivity contribution in [3.63, 3.8) is 0 Å². The van der Waals surface area contributed by atoms with Gasteiger partial charge in [0.15, 0.2) is 0 Å².